The average Bonchev–Trinajstić information content (AvgIpc) is 3.52. The molecular weight excluding hydrogens is 402 g/mol. The zero-order chi connectivity index (χ0) is 21.7. The predicted molar refractivity (Wildman–Crippen MR) is 113 cm³/mol. The number of sulfonamides is 1. The van der Waals surface area contributed by atoms with Gasteiger partial charge in [0.25, 0.3) is 10.0 Å². The fourth-order valence-corrected chi connectivity index (χ4v) is 5.70. The largest absolute Gasteiger partial charge is 0.468 e. The number of Topliss-reactive ketones (excluding diaryl/α,β-unsaturated/α-hetero) is 1. The molecule has 4 rings (SSSR count). The summed E-state index contributed by atoms with van der Waals surface area (Å²) in [5, 5.41) is 0. The summed E-state index contributed by atoms with van der Waals surface area (Å²) in [5.41, 5.74) is 1.46. The summed E-state index contributed by atoms with van der Waals surface area (Å²) in [6.07, 6.45) is 1.59. The van der Waals surface area contributed by atoms with Crippen LogP contribution in [0.1, 0.15) is 36.0 Å². The molecule has 0 aromatic heterocycles. The molecule has 1 saturated carbocycles. The fraction of sp³-hybridized carbons (Fsp3) is 0.391. The molecule has 1 aliphatic heterocycles. The summed E-state index contributed by atoms with van der Waals surface area (Å²) in [6, 6.07) is 11.9. The van der Waals surface area contributed by atoms with Crippen molar-refractivity contribution in [2.75, 3.05) is 18.0 Å². The van der Waals surface area contributed by atoms with E-state index in [0.717, 1.165) is 24.0 Å². The number of ketones is 1. The highest BCUT2D eigenvalue weighted by Crippen LogP contribution is 2.48. The van der Waals surface area contributed by atoms with E-state index in [9.17, 15) is 18.0 Å². The predicted octanol–water partition coefficient (Wildman–Crippen LogP) is 3.29. The maximum absolute atomic E-state index is 13.5. The van der Waals surface area contributed by atoms with Gasteiger partial charge in [-0.3, -0.25) is 13.9 Å². The molecule has 1 fully saturated rings. The van der Waals surface area contributed by atoms with Gasteiger partial charge in [0.15, 0.2) is 0 Å². The third-order valence-electron chi connectivity index (χ3n) is 6.04. The molecular formula is C23H25NO5S. The number of ether oxygens (including phenoxy) is 1. The van der Waals surface area contributed by atoms with E-state index in [0.29, 0.717) is 11.3 Å². The Hall–Kier alpha value is -2.67. The van der Waals surface area contributed by atoms with Crippen molar-refractivity contribution >= 4 is 27.5 Å². The number of fused-ring (bicyclic) bond motifs is 1. The Morgan fingerprint density at radius 2 is 1.70 bits per heavy atom. The van der Waals surface area contributed by atoms with Crippen molar-refractivity contribution in [3.05, 3.63) is 59.2 Å². The van der Waals surface area contributed by atoms with Gasteiger partial charge in [0.2, 0.25) is 0 Å². The van der Waals surface area contributed by atoms with E-state index in [1.165, 1.54) is 11.4 Å². The Morgan fingerprint density at radius 3 is 2.30 bits per heavy atom. The SMILES string of the molecule is COC(=O)C1(CC(=O)C2CC2)CN(S(=O)(=O)c2ccc(C)cc2)c2ccc(C)cc21. The van der Waals surface area contributed by atoms with Gasteiger partial charge in [0.05, 0.1) is 24.2 Å². The van der Waals surface area contributed by atoms with Gasteiger partial charge >= 0.3 is 5.97 Å². The maximum atomic E-state index is 13.5. The number of rotatable bonds is 6. The molecule has 30 heavy (non-hydrogen) atoms. The molecule has 0 spiro atoms. The third-order valence-corrected chi connectivity index (χ3v) is 7.82. The lowest BCUT2D eigenvalue weighted by Gasteiger charge is -2.27. The number of nitrogens with zero attached hydrogens (tertiary/aromatic N) is 1. The molecule has 2 aromatic carbocycles. The standard InChI is InChI=1S/C23H25NO5S/c1-15-4-9-18(10-5-15)30(27,28)24-14-23(22(26)29-3,13-21(25)17-7-8-17)19-12-16(2)6-11-20(19)24/h4-6,9-12,17H,7-8,13-14H2,1-3H3. The summed E-state index contributed by atoms with van der Waals surface area (Å²) >= 11 is 0. The first kappa shape index (κ1) is 20.6. The Labute approximate surface area is 176 Å². The second-order valence-corrected chi connectivity index (χ2v) is 10.2. The van der Waals surface area contributed by atoms with Crippen LogP contribution in [0.5, 0.6) is 0 Å². The summed E-state index contributed by atoms with van der Waals surface area (Å²) < 4.78 is 33.4. The van der Waals surface area contributed by atoms with Crippen LogP contribution in [0, 0.1) is 19.8 Å². The number of carbonyl (C=O) groups excluding carboxylic acids is 2. The molecule has 0 bridgehead atoms. The molecule has 1 unspecified atom stereocenters. The van der Waals surface area contributed by atoms with Gasteiger partial charge in [-0.05, 0) is 50.5 Å². The van der Waals surface area contributed by atoms with Crippen molar-refractivity contribution in [2.45, 2.75) is 43.4 Å². The van der Waals surface area contributed by atoms with E-state index in [-0.39, 0.29) is 29.6 Å². The molecule has 0 N–H and O–H groups in total. The number of anilines is 1. The van der Waals surface area contributed by atoms with Crippen molar-refractivity contribution in [1.29, 1.82) is 0 Å². The van der Waals surface area contributed by atoms with Crippen LogP contribution in [0.4, 0.5) is 5.69 Å². The van der Waals surface area contributed by atoms with Crippen molar-refractivity contribution in [3.8, 4) is 0 Å². The van der Waals surface area contributed by atoms with E-state index < -0.39 is 21.4 Å². The molecule has 0 radical (unpaired) electrons. The van der Waals surface area contributed by atoms with Gasteiger partial charge in [-0.25, -0.2) is 8.42 Å². The van der Waals surface area contributed by atoms with Gasteiger partial charge in [-0.2, -0.15) is 0 Å². The normalized spacial score (nSPS) is 20.7. The zero-order valence-electron chi connectivity index (χ0n) is 17.3. The number of aryl methyl sites for hydroxylation is 2. The minimum atomic E-state index is -3.92. The second-order valence-electron chi connectivity index (χ2n) is 8.34. The van der Waals surface area contributed by atoms with E-state index >= 15 is 0 Å². The smallest absolute Gasteiger partial charge is 0.318 e. The van der Waals surface area contributed by atoms with Crippen molar-refractivity contribution < 1.29 is 22.7 Å². The topological polar surface area (TPSA) is 80.8 Å². The number of methoxy groups -OCH3 is 1. The first-order valence-electron chi connectivity index (χ1n) is 10.0. The van der Waals surface area contributed by atoms with Crippen LogP contribution >= 0.6 is 0 Å². The number of hydrogen-bond donors (Lipinski definition) is 0. The molecule has 2 aromatic rings. The Morgan fingerprint density at radius 1 is 1.07 bits per heavy atom. The lowest BCUT2D eigenvalue weighted by atomic mass is 9.77. The van der Waals surface area contributed by atoms with E-state index in [1.54, 1.807) is 36.4 Å². The Kier molecular flexibility index (Phi) is 4.97. The van der Waals surface area contributed by atoms with E-state index in [4.69, 9.17) is 4.74 Å². The van der Waals surface area contributed by atoms with Crippen LogP contribution < -0.4 is 4.31 Å². The van der Waals surface area contributed by atoms with Crippen molar-refractivity contribution in [3.63, 3.8) is 0 Å². The van der Waals surface area contributed by atoms with Crippen LogP contribution in [-0.4, -0.2) is 33.8 Å². The van der Waals surface area contributed by atoms with Gasteiger partial charge in [-0.15, -0.1) is 0 Å². The maximum Gasteiger partial charge on any atom is 0.318 e. The first-order valence-corrected chi connectivity index (χ1v) is 11.4. The van der Waals surface area contributed by atoms with Crippen LogP contribution in [0.3, 0.4) is 0 Å². The number of hydrogen-bond acceptors (Lipinski definition) is 5. The van der Waals surface area contributed by atoms with E-state index in [1.807, 2.05) is 19.9 Å². The van der Waals surface area contributed by atoms with Crippen molar-refractivity contribution in [2.24, 2.45) is 5.92 Å². The van der Waals surface area contributed by atoms with Gasteiger partial charge < -0.3 is 4.74 Å². The van der Waals surface area contributed by atoms with Gasteiger partial charge in [0.1, 0.15) is 11.2 Å². The fourth-order valence-electron chi connectivity index (χ4n) is 4.16. The van der Waals surface area contributed by atoms with E-state index in [2.05, 4.69) is 0 Å². The van der Waals surface area contributed by atoms with Crippen LogP contribution in [0.25, 0.3) is 0 Å². The minimum absolute atomic E-state index is 0.0116. The molecule has 6 nitrogen and oxygen atoms in total. The summed E-state index contributed by atoms with van der Waals surface area (Å²) in [4.78, 5) is 26.0. The highest BCUT2D eigenvalue weighted by molar-refractivity contribution is 7.92. The first-order chi connectivity index (χ1) is 14.2. The van der Waals surface area contributed by atoms with Gasteiger partial charge in [-0.1, -0.05) is 35.4 Å². The number of esters is 1. The van der Waals surface area contributed by atoms with Crippen LogP contribution in [0.15, 0.2) is 47.4 Å². The summed E-state index contributed by atoms with van der Waals surface area (Å²) in [7, 11) is -2.64. The molecule has 2 aliphatic rings. The monoisotopic (exact) mass is 427 g/mol. The highest BCUT2D eigenvalue weighted by Gasteiger charge is 2.54. The zero-order valence-corrected chi connectivity index (χ0v) is 18.2. The van der Waals surface area contributed by atoms with Crippen LogP contribution in [-0.2, 0) is 29.8 Å². The highest BCUT2D eigenvalue weighted by atomic mass is 32.2. The molecule has 158 valence electrons. The van der Waals surface area contributed by atoms with Gasteiger partial charge in [0, 0.05) is 12.3 Å². The molecule has 0 amide bonds. The van der Waals surface area contributed by atoms with Crippen LogP contribution in [0.2, 0.25) is 0 Å². The van der Waals surface area contributed by atoms with Crippen molar-refractivity contribution in [1.82, 2.24) is 0 Å². The Bertz CT molecular complexity index is 1120. The quantitative estimate of drug-likeness (QED) is 0.661. The molecule has 1 aliphatic carbocycles. The minimum Gasteiger partial charge on any atom is -0.468 e. The number of benzene rings is 2. The molecule has 7 heteroatoms. The third kappa shape index (κ3) is 3.31. The molecule has 0 saturated heterocycles. The summed E-state index contributed by atoms with van der Waals surface area (Å²) in [5.74, 6) is -0.630. The second kappa shape index (κ2) is 7.23. The Balaban J connectivity index is 1.86. The lowest BCUT2D eigenvalue weighted by molar-refractivity contribution is -0.149. The molecule has 1 atom stereocenters. The number of carbonyl (C=O) groups is 2. The summed E-state index contributed by atoms with van der Waals surface area (Å²) in [6.45, 7) is 3.62. The molecule has 1 heterocycles. The average molecular weight is 428 g/mol. The lowest BCUT2D eigenvalue weighted by Crippen LogP contribution is -2.45.